The second kappa shape index (κ2) is 38.6. The summed E-state index contributed by atoms with van der Waals surface area (Å²) in [6.07, 6.45) is 45.9. The molecule has 0 radical (unpaired) electrons. The predicted molar refractivity (Wildman–Crippen MR) is 208 cm³/mol. The molecule has 4 N–H and O–H groups in total. The molecule has 284 valence electrons. The van der Waals surface area contributed by atoms with Gasteiger partial charge in [0.2, 0.25) is 5.91 Å². The van der Waals surface area contributed by atoms with Gasteiger partial charge in [-0.3, -0.25) is 4.79 Å². The van der Waals surface area contributed by atoms with Crippen LogP contribution >= 0.6 is 0 Å². The molecule has 0 fully saturated rings. The number of aliphatic hydroxyl groups is 3. The lowest BCUT2D eigenvalue weighted by Crippen LogP contribution is -2.45. The molecule has 0 aromatic heterocycles. The van der Waals surface area contributed by atoms with E-state index in [-0.39, 0.29) is 18.9 Å². The van der Waals surface area contributed by atoms with E-state index in [1.54, 1.807) is 6.08 Å². The Balaban J connectivity index is 3.69. The average molecular weight is 678 g/mol. The first-order valence-electron chi connectivity index (χ1n) is 21.1. The highest BCUT2D eigenvalue weighted by atomic mass is 16.3. The molecule has 0 aromatic rings. The van der Waals surface area contributed by atoms with Crippen LogP contribution in [0.5, 0.6) is 0 Å². The van der Waals surface area contributed by atoms with E-state index in [0.717, 1.165) is 38.5 Å². The first-order valence-corrected chi connectivity index (χ1v) is 21.1. The normalized spacial score (nSPS) is 13.9. The number of carbonyl (C=O) groups is 1. The van der Waals surface area contributed by atoms with Gasteiger partial charge in [-0.25, -0.2) is 0 Å². The van der Waals surface area contributed by atoms with E-state index in [1.807, 2.05) is 6.08 Å². The maximum atomic E-state index is 12.4. The van der Waals surface area contributed by atoms with Gasteiger partial charge in [0.25, 0.3) is 0 Å². The number of aliphatic hydroxyl groups excluding tert-OH is 3. The van der Waals surface area contributed by atoms with Gasteiger partial charge in [-0.2, -0.15) is 0 Å². The summed E-state index contributed by atoms with van der Waals surface area (Å²) < 4.78 is 0. The summed E-state index contributed by atoms with van der Waals surface area (Å²) in [5.41, 5.74) is 0. The molecule has 0 heterocycles. The molecule has 0 aliphatic rings. The number of hydrogen-bond acceptors (Lipinski definition) is 4. The average Bonchev–Trinajstić information content (AvgIpc) is 3.08. The van der Waals surface area contributed by atoms with Crippen LogP contribution in [0.4, 0.5) is 0 Å². The summed E-state index contributed by atoms with van der Waals surface area (Å²) in [6, 6.07) is -0.744. The Labute approximate surface area is 299 Å². The van der Waals surface area contributed by atoms with Crippen LogP contribution in [0.1, 0.15) is 219 Å². The maximum Gasteiger partial charge on any atom is 0.222 e. The molecule has 0 saturated heterocycles. The zero-order valence-corrected chi connectivity index (χ0v) is 32.1. The standard InChI is InChI=1S/C43H83NO4/c1-3-5-7-9-11-13-15-17-19-21-22-24-26-28-30-32-34-36-40(46)38-43(48)44-41(39-45)42(47)37-35-33-31-29-27-25-23-20-18-16-14-12-10-8-6-4-2/h21-22,35,37,40-42,45-47H,3-20,23-34,36,38-39H2,1-2H3,(H,44,48)/b22-21-,37-35+. The lowest BCUT2D eigenvalue weighted by atomic mass is 10.0. The van der Waals surface area contributed by atoms with E-state index in [9.17, 15) is 20.1 Å². The summed E-state index contributed by atoms with van der Waals surface area (Å²) in [5, 5.41) is 33.2. The summed E-state index contributed by atoms with van der Waals surface area (Å²) in [7, 11) is 0. The molecule has 0 saturated carbocycles. The third kappa shape index (κ3) is 34.7. The molecule has 0 spiro atoms. The molecular weight excluding hydrogens is 594 g/mol. The highest BCUT2D eigenvalue weighted by Crippen LogP contribution is 2.15. The summed E-state index contributed by atoms with van der Waals surface area (Å²) in [4.78, 5) is 12.4. The van der Waals surface area contributed by atoms with Crippen LogP contribution in [0.25, 0.3) is 0 Å². The fourth-order valence-corrected chi connectivity index (χ4v) is 6.45. The lowest BCUT2D eigenvalue weighted by molar-refractivity contribution is -0.124. The van der Waals surface area contributed by atoms with Crippen LogP contribution in [0.15, 0.2) is 24.3 Å². The summed E-state index contributed by atoms with van der Waals surface area (Å²) >= 11 is 0. The van der Waals surface area contributed by atoms with E-state index >= 15 is 0 Å². The van der Waals surface area contributed by atoms with Crippen molar-refractivity contribution in [1.29, 1.82) is 0 Å². The van der Waals surface area contributed by atoms with Gasteiger partial charge in [-0.15, -0.1) is 0 Å². The number of rotatable bonds is 38. The van der Waals surface area contributed by atoms with Crippen molar-refractivity contribution in [2.45, 2.75) is 238 Å². The number of nitrogens with one attached hydrogen (secondary N) is 1. The van der Waals surface area contributed by atoms with Crippen molar-refractivity contribution in [3.8, 4) is 0 Å². The predicted octanol–water partition coefficient (Wildman–Crippen LogP) is 11.8. The van der Waals surface area contributed by atoms with E-state index in [2.05, 4.69) is 31.3 Å². The molecule has 1 amide bonds. The van der Waals surface area contributed by atoms with Crippen molar-refractivity contribution < 1.29 is 20.1 Å². The third-order valence-electron chi connectivity index (χ3n) is 9.73. The number of allylic oxidation sites excluding steroid dienone is 3. The molecule has 0 aromatic carbocycles. The maximum absolute atomic E-state index is 12.4. The molecule has 0 aliphatic carbocycles. The molecule has 0 bridgehead atoms. The molecule has 5 nitrogen and oxygen atoms in total. The highest BCUT2D eigenvalue weighted by molar-refractivity contribution is 5.76. The van der Waals surface area contributed by atoms with Crippen molar-refractivity contribution >= 4 is 5.91 Å². The topological polar surface area (TPSA) is 89.8 Å². The van der Waals surface area contributed by atoms with Gasteiger partial charge in [0.15, 0.2) is 0 Å². The number of amides is 1. The van der Waals surface area contributed by atoms with E-state index in [4.69, 9.17) is 0 Å². The Bertz CT molecular complexity index is 709. The molecule has 0 aliphatic heterocycles. The first-order chi connectivity index (χ1) is 23.5. The quantitative estimate of drug-likeness (QED) is 0.0387. The molecule has 3 unspecified atom stereocenters. The zero-order valence-electron chi connectivity index (χ0n) is 32.1. The van der Waals surface area contributed by atoms with Crippen molar-refractivity contribution in [3.05, 3.63) is 24.3 Å². The monoisotopic (exact) mass is 678 g/mol. The zero-order chi connectivity index (χ0) is 35.2. The second-order valence-corrected chi connectivity index (χ2v) is 14.6. The highest BCUT2D eigenvalue weighted by Gasteiger charge is 2.20. The number of hydrogen-bond donors (Lipinski definition) is 4. The first kappa shape index (κ1) is 46.8. The van der Waals surface area contributed by atoms with Crippen molar-refractivity contribution in [1.82, 2.24) is 5.32 Å². The lowest BCUT2D eigenvalue weighted by Gasteiger charge is -2.21. The van der Waals surface area contributed by atoms with E-state index in [1.165, 1.54) is 154 Å². The van der Waals surface area contributed by atoms with Crippen molar-refractivity contribution in [3.63, 3.8) is 0 Å². The Morgan fingerprint density at radius 1 is 0.521 bits per heavy atom. The van der Waals surface area contributed by atoms with Crippen LogP contribution in [0, 0.1) is 0 Å². The van der Waals surface area contributed by atoms with Gasteiger partial charge >= 0.3 is 0 Å². The van der Waals surface area contributed by atoms with E-state index < -0.39 is 18.2 Å². The fourth-order valence-electron chi connectivity index (χ4n) is 6.45. The molecule has 0 rings (SSSR count). The smallest absolute Gasteiger partial charge is 0.222 e. The van der Waals surface area contributed by atoms with Crippen molar-refractivity contribution in [2.24, 2.45) is 0 Å². The molecule has 48 heavy (non-hydrogen) atoms. The van der Waals surface area contributed by atoms with E-state index in [0.29, 0.717) is 6.42 Å². The fraction of sp³-hybridized carbons (Fsp3) is 0.884. The SMILES string of the molecule is CCCCCCCCCC/C=C\CCCCCCCC(O)CC(=O)NC(CO)C(O)/C=C/CCCCCCCCCCCCCCCC. The Morgan fingerprint density at radius 3 is 1.27 bits per heavy atom. The minimum atomic E-state index is -0.928. The van der Waals surface area contributed by atoms with Gasteiger partial charge in [-0.1, -0.05) is 192 Å². The minimum absolute atomic E-state index is 0.00956. The van der Waals surface area contributed by atoms with Crippen molar-refractivity contribution in [2.75, 3.05) is 6.61 Å². The molecular formula is C43H83NO4. The third-order valence-corrected chi connectivity index (χ3v) is 9.73. The second-order valence-electron chi connectivity index (χ2n) is 14.6. The van der Waals surface area contributed by atoms with Crippen LogP contribution in [-0.2, 0) is 4.79 Å². The summed E-state index contributed by atoms with van der Waals surface area (Å²) in [5.74, 6) is -0.320. The van der Waals surface area contributed by atoms with Gasteiger partial charge in [0.1, 0.15) is 0 Å². The minimum Gasteiger partial charge on any atom is -0.394 e. The molecule has 3 atom stereocenters. The Morgan fingerprint density at radius 2 is 0.875 bits per heavy atom. The van der Waals surface area contributed by atoms with Gasteiger partial charge < -0.3 is 20.6 Å². The van der Waals surface area contributed by atoms with Crippen LogP contribution in [-0.4, -0.2) is 46.1 Å². The van der Waals surface area contributed by atoms with Crippen LogP contribution in [0.2, 0.25) is 0 Å². The van der Waals surface area contributed by atoms with Gasteiger partial charge in [0, 0.05) is 0 Å². The molecule has 5 heteroatoms. The number of carbonyl (C=O) groups excluding carboxylic acids is 1. The summed E-state index contributed by atoms with van der Waals surface area (Å²) in [6.45, 7) is 4.21. The number of unbranched alkanes of at least 4 members (excludes halogenated alkanes) is 27. The van der Waals surface area contributed by atoms with Crippen LogP contribution < -0.4 is 5.32 Å². The Kier molecular flexibility index (Phi) is 37.7. The van der Waals surface area contributed by atoms with Gasteiger partial charge in [-0.05, 0) is 44.9 Å². The van der Waals surface area contributed by atoms with Gasteiger partial charge in [0.05, 0.1) is 31.3 Å². The van der Waals surface area contributed by atoms with Crippen LogP contribution in [0.3, 0.4) is 0 Å². The Hall–Kier alpha value is -1.17. The largest absolute Gasteiger partial charge is 0.394 e.